The van der Waals surface area contributed by atoms with Crippen LogP contribution in [0.4, 0.5) is 11.4 Å². The molecule has 0 amide bonds. The summed E-state index contributed by atoms with van der Waals surface area (Å²) in [4.78, 5) is 2.43. The number of nitrogens with one attached hydrogen (secondary N) is 1. The Morgan fingerprint density at radius 3 is 2.79 bits per heavy atom. The molecule has 2 aliphatic rings. The molecule has 19 heavy (non-hydrogen) atoms. The minimum absolute atomic E-state index is 0.603. The Morgan fingerprint density at radius 2 is 2.00 bits per heavy atom. The van der Waals surface area contributed by atoms with Crippen LogP contribution < -0.4 is 10.2 Å². The first-order chi connectivity index (χ1) is 9.24. The van der Waals surface area contributed by atoms with Crippen molar-refractivity contribution in [2.75, 3.05) is 30.5 Å². The molecule has 0 bridgehead atoms. The minimum Gasteiger partial charge on any atom is -0.382 e. The summed E-state index contributed by atoms with van der Waals surface area (Å²) in [7, 11) is 2.22. The molecule has 0 saturated carbocycles. The van der Waals surface area contributed by atoms with Gasteiger partial charge in [0.05, 0.1) is 0 Å². The van der Waals surface area contributed by atoms with Gasteiger partial charge in [0.1, 0.15) is 0 Å². The maximum absolute atomic E-state index is 5.45. The number of hydrogen-bond donors (Lipinski definition) is 1. The van der Waals surface area contributed by atoms with Gasteiger partial charge in [0.2, 0.25) is 0 Å². The Morgan fingerprint density at radius 1 is 1.21 bits per heavy atom. The largest absolute Gasteiger partial charge is 0.382 e. The van der Waals surface area contributed by atoms with Crippen molar-refractivity contribution in [3.8, 4) is 0 Å². The van der Waals surface area contributed by atoms with Crippen LogP contribution >= 0.6 is 0 Å². The van der Waals surface area contributed by atoms with Crippen LogP contribution in [0.15, 0.2) is 18.2 Å². The number of fused-ring (bicyclic) bond motifs is 1. The quantitative estimate of drug-likeness (QED) is 0.884. The van der Waals surface area contributed by atoms with Crippen molar-refractivity contribution in [2.45, 2.75) is 44.7 Å². The standard InChI is InChI=1S/C16H24N2O/c1-12-3-4-13-11-15(5-6-16(13)17-12)18(2)14-7-9-19-10-8-14/h5-6,11-12,14,17H,3-4,7-10H2,1-2H3. The molecular formula is C16H24N2O. The normalized spacial score (nSPS) is 23.6. The van der Waals surface area contributed by atoms with Crippen molar-refractivity contribution >= 4 is 11.4 Å². The molecule has 104 valence electrons. The Hall–Kier alpha value is -1.22. The summed E-state index contributed by atoms with van der Waals surface area (Å²) in [5.41, 5.74) is 4.14. The molecule has 3 nitrogen and oxygen atoms in total. The van der Waals surface area contributed by atoms with Crippen LogP contribution in [0, 0.1) is 0 Å². The third-order valence-corrected chi connectivity index (χ3v) is 4.48. The van der Waals surface area contributed by atoms with Crippen LogP contribution in [-0.4, -0.2) is 32.3 Å². The van der Waals surface area contributed by atoms with E-state index in [1.165, 1.54) is 29.8 Å². The van der Waals surface area contributed by atoms with Crippen molar-refractivity contribution in [3.63, 3.8) is 0 Å². The van der Waals surface area contributed by atoms with Crippen molar-refractivity contribution in [3.05, 3.63) is 23.8 Å². The first-order valence-corrected chi connectivity index (χ1v) is 7.44. The van der Waals surface area contributed by atoms with Crippen molar-refractivity contribution in [1.82, 2.24) is 0 Å². The zero-order chi connectivity index (χ0) is 13.2. The molecule has 1 saturated heterocycles. The zero-order valence-corrected chi connectivity index (χ0v) is 12.0. The second-order valence-electron chi connectivity index (χ2n) is 5.88. The molecule has 3 rings (SSSR count). The first-order valence-electron chi connectivity index (χ1n) is 7.44. The third-order valence-electron chi connectivity index (χ3n) is 4.48. The van der Waals surface area contributed by atoms with E-state index in [2.05, 4.69) is 42.4 Å². The average molecular weight is 260 g/mol. The Kier molecular flexibility index (Phi) is 3.65. The molecule has 1 N–H and O–H groups in total. The fourth-order valence-electron chi connectivity index (χ4n) is 3.14. The van der Waals surface area contributed by atoms with E-state index in [1.807, 2.05) is 0 Å². The van der Waals surface area contributed by atoms with Gasteiger partial charge < -0.3 is 15.0 Å². The van der Waals surface area contributed by atoms with Gasteiger partial charge in [0.15, 0.2) is 0 Å². The Labute approximate surface area is 115 Å². The highest BCUT2D eigenvalue weighted by molar-refractivity contribution is 5.62. The Balaban J connectivity index is 1.77. The van der Waals surface area contributed by atoms with Gasteiger partial charge in [-0.3, -0.25) is 0 Å². The minimum atomic E-state index is 0.603. The van der Waals surface area contributed by atoms with E-state index in [0.717, 1.165) is 26.1 Å². The molecule has 1 atom stereocenters. The second-order valence-corrected chi connectivity index (χ2v) is 5.88. The smallest absolute Gasteiger partial charge is 0.0485 e. The lowest BCUT2D eigenvalue weighted by Crippen LogP contribution is -2.36. The van der Waals surface area contributed by atoms with E-state index in [9.17, 15) is 0 Å². The van der Waals surface area contributed by atoms with E-state index in [4.69, 9.17) is 4.74 Å². The van der Waals surface area contributed by atoms with Gasteiger partial charge in [-0.1, -0.05) is 0 Å². The molecular weight excluding hydrogens is 236 g/mol. The molecule has 0 aromatic heterocycles. The third kappa shape index (κ3) is 2.71. The van der Waals surface area contributed by atoms with Crippen molar-refractivity contribution in [2.24, 2.45) is 0 Å². The molecule has 1 unspecified atom stereocenters. The van der Waals surface area contributed by atoms with Gasteiger partial charge in [-0.25, -0.2) is 0 Å². The SMILES string of the molecule is CC1CCc2cc(N(C)C3CCOCC3)ccc2N1. The molecule has 2 aliphatic heterocycles. The van der Waals surface area contributed by atoms with E-state index < -0.39 is 0 Å². The highest BCUT2D eigenvalue weighted by Crippen LogP contribution is 2.30. The van der Waals surface area contributed by atoms with Crippen LogP contribution in [0.25, 0.3) is 0 Å². The Bertz CT molecular complexity index is 440. The maximum Gasteiger partial charge on any atom is 0.0485 e. The second kappa shape index (κ2) is 5.41. The lowest BCUT2D eigenvalue weighted by molar-refractivity contribution is 0.0855. The van der Waals surface area contributed by atoms with E-state index in [1.54, 1.807) is 0 Å². The fourth-order valence-corrected chi connectivity index (χ4v) is 3.14. The summed E-state index contributed by atoms with van der Waals surface area (Å²) in [6.07, 6.45) is 4.71. The van der Waals surface area contributed by atoms with Crippen LogP contribution in [-0.2, 0) is 11.2 Å². The van der Waals surface area contributed by atoms with Gasteiger partial charge in [0, 0.05) is 43.7 Å². The van der Waals surface area contributed by atoms with E-state index >= 15 is 0 Å². The number of aryl methyl sites for hydroxylation is 1. The van der Waals surface area contributed by atoms with Gasteiger partial charge in [-0.2, -0.15) is 0 Å². The summed E-state index contributed by atoms with van der Waals surface area (Å²) < 4.78 is 5.45. The van der Waals surface area contributed by atoms with E-state index in [0.29, 0.717) is 12.1 Å². The predicted octanol–water partition coefficient (Wildman–Crippen LogP) is 3.05. The van der Waals surface area contributed by atoms with Gasteiger partial charge in [-0.15, -0.1) is 0 Å². The molecule has 1 aromatic carbocycles. The average Bonchev–Trinajstić information content (AvgIpc) is 2.47. The van der Waals surface area contributed by atoms with Crippen LogP contribution in [0.2, 0.25) is 0 Å². The van der Waals surface area contributed by atoms with Gasteiger partial charge >= 0.3 is 0 Å². The number of hydrogen-bond acceptors (Lipinski definition) is 3. The highest BCUT2D eigenvalue weighted by Gasteiger charge is 2.20. The predicted molar refractivity (Wildman–Crippen MR) is 80.1 cm³/mol. The number of rotatable bonds is 2. The summed E-state index contributed by atoms with van der Waals surface area (Å²) in [5.74, 6) is 0. The van der Waals surface area contributed by atoms with Gasteiger partial charge in [-0.05, 0) is 56.4 Å². The molecule has 1 fully saturated rings. The summed E-state index contributed by atoms with van der Waals surface area (Å²) in [6, 6.07) is 8.09. The molecule has 1 aromatic rings. The zero-order valence-electron chi connectivity index (χ0n) is 12.0. The monoisotopic (exact) mass is 260 g/mol. The summed E-state index contributed by atoms with van der Waals surface area (Å²) in [6.45, 7) is 4.06. The lowest BCUT2D eigenvalue weighted by atomic mass is 9.97. The van der Waals surface area contributed by atoms with Crippen LogP contribution in [0.3, 0.4) is 0 Å². The molecule has 0 aliphatic carbocycles. The highest BCUT2D eigenvalue weighted by atomic mass is 16.5. The maximum atomic E-state index is 5.45. The molecule has 0 spiro atoms. The fraction of sp³-hybridized carbons (Fsp3) is 0.625. The number of benzene rings is 1. The van der Waals surface area contributed by atoms with Crippen LogP contribution in [0.1, 0.15) is 31.7 Å². The number of nitrogens with zero attached hydrogens (tertiary/aromatic N) is 1. The molecule has 3 heteroatoms. The lowest BCUT2D eigenvalue weighted by Gasteiger charge is -2.34. The first kappa shape index (κ1) is 12.8. The summed E-state index contributed by atoms with van der Waals surface area (Å²) >= 11 is 0. The van der Waals surface area contributed by atoms with Gasteiger partial charge in [0.25, 0.3) is 0 Å². The number of ether oxygens (including phenoxy) is 1. The molecule has 2 heterocycles. The topological polar surface area (TPSA) is 24.5 Å². The van der Waals surface area contributed by atoms with Crippen molar-refractivity contribution < 1.29 is 4.74 Å². The summed E-state index contributed by atoms with van der Waals surface area (Å²) in [5, 5.41) is 3.57. The van der Waals surface area contributed by atoms with Crippen molar-refractivity contribution in [1.29, 1.82) is 0 Å². The van der Waals surface area contributed by atoms with Crippen LogP contribution in [0.5, 0.6) is 0 Å². The van der Waals surface area contributed by atoms with E-state index in [-0.39, 0.29) is 0 Å². The number of anilines is 2. The molecule has 0 radical (unpaired) electrons.